The lowest BCUT2D eigenvalue weighted by Gasteiger charge is -2.35. The fourth-order valence-electron chi connectivity index (χ4n) is 2.42. The van der Waals surface area contributed by atoms with Crippen molar-refractivity contribution in [2.45, 2.75) is 37.1 Å². The molecule has 0 saturated carbocycles. The highest BCUT2D eigenvalue weighted by atomic mass is 32.2. The summed E-state index contributed by atoms with van der Waals surface area (Å²) in [6, 6.07) is 5.20. The van der Waals surface area contributed by atoms with Crippen molar-refractivity contribution in [3.8, 4) is 0 Å². The molecule has 6 heteroatoms. The molecule has 5 nitrogen and oxygen atoms in total. The quantitative estimate of drug-likeness (QED) is 0.792. The number of hydrogen-bond acceptors (Lipinski definition) is 4. The molecule has 2 rings (SSSR count). The minimum absolute atomic E-state index is 0.0790. The van der Waals surface area contributed by atoms with Crippen LogP contribution in [0.25, 0.3) is 0 Å². The van der Waals surface area contributed by atoms with Gasteiger partial charge in [-0.25, -0.2) is 13.6 Å². The summed E-state index contributed by atoms with van der Waals surface area (Å²) in [4.78, 5) is 2.27. The molecule has 1 aromatic carbocycles. The average Bonchev–Trinajstić information content (AvgIpc) is 2.27. The van der Waals surface area contributed by atoms with Crippen molar-refractivity contribution < 1.29 is 8.42 Å². The third-order valence-electron chi connectivity index (χ3n) is 3.38. The van der Waals surface area contributed by atoms with Crippen LogP contribution in [-0.4, -0.2) is 21.0 Å². The number of hydrogen-bond donors (Lipinski definition) is 2. The molecule has 1 saturated heterocycles. The van der Waals surface area contributed by atoms with Crippen molar-refractivity contribution in [2.24, 2.45) is 5.14 Å². The van der Waals surface area contributed by atoms with E-state index in [-0.39, 0.29) is 4.90 Å². The second-order valence-electron chi connectivity index (χ2n) is 4.84. The Morgan fingerprint density at radius 1 is 1.28 bits per heavy atom. The maximum Gasteiger partial charge on any atom is 0.238 e. The first kappa shape index (κ1) is 13.2. The Bertz CT molecular complexity index is 542. The maximum absolute atomic E-state index is 11.4. The van der Waals surface area contributed by atoms with Crippen molar-refractivity contribution in [1.29, 1.82) is 0 Å². The van der Waals surface area contributed by atoms with Crippen LogP contribution in [0.2, 0.25) is 0 Å². The number of anilines is 2. The molecule has 1 aliphatic heterocycles. The molecule has 18 heavy (non-hydrogen) atoms. The van der Waals surface area contributed by atoms with Crippen LogP contribution in [0.1, 0.15) is 26.2 Å². The van der Waals surface area contributed by atoms with Gasteiger partial charge in [-0.3, -0.25) is 0 Å². The summed E-state index contributed by atoms with van der Waals surface area (Å²) < 4.78 is 22.8. The Morgan fingerprint density at radius 2 is 2.00 bits per heavy atom. The minimum Gasteiger partial charge on any atom is -0.399 e. The summed E-state index contributed by atoms with van der Waals surface area (Å²) in [5.41, 5.74) is 7.03. The molecule has 0 spiro atoms. The monoisotopic (exact) mass is 269 g/mol. The maximum atomic E-state index is 11.4. The van der Waals surface area contributed by atoms with E-state index in [1.54, 1.807) is 12.1 Å². The third-order valence-corrected chi connectivity index (χ3v) is 4.27. The molecule has 0 aromatic heterocycles. The van der Waals surface area contributed by atoms with Gasteiger partial charge in [0.25, 0.3) is 0 Å². The summed E-state index contributed by atoms with van der Waals surface area (Å²) >= 11 is 0. The second-order valence-corrected chi connectivity index (χ2v) is 6.40. The lowest BCUT2D eigenvalue weighted by molar-refractivity contribution is 0.484. The fourth-order valence-corrected chi connectivity index (χ4v) is 3.00. The van der Waals surface area contributed by atoms with E-state index in [0.717, 1.165) is 25.1 Å². The lowest BCUT2D eigenvalue weighted by atomic mass is 10.0. The third kappa shape index (κ3) is 2.76. The van der Waals surface area contributed by atoms with E-state index < -0.39 is 10.0 Å². The molecular weight excluding hydrogens is 250 g/mol. The van der Waals surface area contributed by atoms with Crippen LogP contribution in [0.15, 0.2) is 23.1 Å². The minimum atomic E-state index is -3.71. The molecule has 1 atom stereocenters. The molecule has 1 fully saturated rings. The Balaban J connectivity index is 2.42. The summed E-state index contributed by atoms with van der Waals surface area (Å²) in [7, 11) is -3.71. The predicted molar refractivity (Wildman–Crippen MR) is 72.9 cm³/mol. The highest BCUT2D eigenvalue weighted by molar-refractivity contribution is 7.89. The first-order valence-electron chi connectivity index (χ1n) is 6.08. The Hall–Kier alpha value is -1.27. The smallest absolute Gasteiger partial charge is 0.238 e. The molecule has 1 aliphatic rings. The van der Waals surface area contributed by atoms with Crippen LogP contribution >= 0.6 is 0 Å². The predicted octanol–water partition coefficient (Wildman–Crippen LogP) is 1.30. The van der Waals surface area contributed by atoms with E-state index in [4.69, 9.17) is 10.9 Å². The van der Waals surface area contributed by atoms with Crippen molar-refractivity contribution in [3.05, 3.63) is 18.2 Å². The molecule has 0 radical (unpaired) electrons. The van der Waals surface area contributed by atoms with Crippen LogP contribution < -0.4 is 15.8 Å². The molecule has 4 N–H and O–H groups in total. The summed E-state index contributed by atoms with van der Waals surface area (Å²) in [5, 5.41) is 5.16. The van der Waals surface area contributed by atoms with Gasteiger partial charge >= 0.3 is 0 Å². The summed E-state index contributed by atoms with van der Waals surface area (Å²) in [5.74, 6) is 0. The normalized spacial score (nSPS) is 21.0. The van der Waals surface area contributed by atoms with Crippen molar-refractivity contribution >= 4 is 21.4 Å². The fraction of sp³-hybridized carbons (Fsp3) is 0.500. The van der Waals surface area contributed by atoms with Gasteiger partial charge < -0.3 is 10.6 Å². The van der Waals surface area contributed by atoms with Crippen molar-refractivity contribution in [3.63, 3.8) is 0 Å². The Morgan fingerprint density at radius 3 is 2.61 bits per heavy atom. The van der Waals surface area contributed by atoms with Crippen molar-refractivity contribution in [2.75, 3.05) is 17.2 Å². The largest absolute Gasteiger partial charge is 0.399 e. The van der Waals surface area contributed by atoms with Crippen molar-refractivity contribution in [1.82, 2.24) is 0 Å². The van der Waals surface area contributed by atoms with Gasteiger partial charge in [-0.05, 0) is 44.4 Å². The van der Waals surface area contributed by atoms with Gasteiger partial charge in [0.2, 0.25) is 10.0 Å². The van der Waals surface area contributed by atoms with Crippen LogP contribution in [0.5, 0.6) is 0 Å². The first-order valence-corrected chi connectivity index (χ1v) is 7.62. The number of sulfonamides is 1. The molecule has 1 unspecified atom stereocenters. The number of primary sulfonamides is 1. The van der Waals surface area contributed by atoms with Crippen LogP contribution in [-0.2, 0) is 10.0 Å². The lowest BCUT2D eigenvalue weighted by Crippen LogP contribution is -2.37. The number of benzene rings is 1. The Labute approximate surface area is 108 Å². The number of nitrogens with zero attached hydrogens (tertiary/aromatic N) is 1. The zero-order valence-corrected chi connectivity index (χ0v) is 11.3. The molecular formula is C12H19N3O2S. The molecule has 0 amide bonds. The number of rotatable bonds is 2. The van der Waals surface area contributed by atoms with Crippen LogP contribution in [0.3, 0.4) is 0 Å². The molecule has 0 bridgehead atoms. The van der Waals surface area contributed by atoms with Crippen LogP contribution in [0.4, 0.5) is 11.4 Å². The van der Waals surface area contributed by atoms with Gasteiger partial charge in [-0.1, -0.05) is 0 Å². The van der Waals surface area contributed by atoms with Gasteiger partial charge in [0.1, 0.15) is 0 Å². The summed E-state index contributed by atoms with van der Waals surface area (Å²) in [6.45, 7) is 3.06. The summed E-state index contributed by atoms with van der Waals surface area (Å²) in [6.07, 6.45) is 3.44. The Kier molecular flexibility index (Phi) is 3.49. The van der Waals surface area contributed by atoms with E-state index in [2.05, 4.69) is 11.8 Å². The topological polar surface area (TPSA) is 89.4 Å². The highest BCUT2D eigenvalue weighted by Gasteiger charge is 2.20. The average molecular weight is 269 g/mol. The van der Waals surface area contributed by atoms with Gasteiger partial charge in [-0.2, -0.15) is 0 Å². The number of piperidine rings is 1. The zero-order valence-electron chi connectivity index (χ0n) is 10.5. The van der Waals surface area contributed by atoms with Gasteiger partial charge in [0.15, 0.2) is 0 Å². The van der Waals surface area contributed by atoms with E-state index >= 15 is 0 Å². The standard InChI is InChI=1S/C12H19N3O2S/c1-9-4-2-3-5-15(9)11-6-10(13)7-12(8-11)18(14,16)17/h6-9H,2-5,13H2,1H3,(H2,14,16,17). The first-order chi connectivity index (χ1) is 8.38. The molecule has 1 aromatic rings. The molecule has 1 heterocycles. The van der Waals surface area contributed by atoms with E-state index in [0.29, 0.717) is 11.7 Å². The van der Waals surface area contributed by atoms with Gasteiger partial charge in [0.05, 0.1) is 4.90 Å². The van der Waals surface area contributed by atoms with E-state index in [9.17, 15) is 8.42 Å². The second kappa shape index (κ2) is 4.78. The molecule has 0 aliphatic carbocycles. The number of nitrogens with two attached hydrogens (primary N) is 2. The number of nitrogen functional groups attached to an aromatic ring is 1. The molecule has 100 valence electrons. The van der Waals surface area contributed by atoms with Gasteiger partial charge in [-0.15, -0.1) is 0 Å². The highest BCUT2D eigenvalue weighted by Crippen LogP contribution is 2.28. The van der Waals surface area contributed by atoms with E-state index in [1.807, 2.05) is 0 Å². The SMILES string of the molecule is CC1CCCCN1c1cc(N)cc(S(N)(=O)=O)c1. The van der Waals surface area contributed by atoms with Crippen LogP contribution in [0, 0.1) is 0 Å². The zero-order chi connectivity index (χ0) is 13.3. The van der Waals surface area contributed by atoms with E-state index in [1.165, 1.54) is 12.5 Å². The van der Waals surface area contributed by atoms with Gasteiger partial charge in [0, 0.05) is 24.0 Å².